The van der Waals surface area contributed by atoms with Crippen molar-refractivity contribution in [2.45, 2.75) is 45.2 Å². The molecule has 4 rings (SSSR count). The predicted octanol–water partition coefficient (Wildman–Crippen LogP) is 3.62. The molecule has 0 bridgehead atoms. The molecule has 0 saturated heterocycles. The minimum atomic E-state index is -0.0418. The number of carbonyl (C=O) groups excluding carboxylic acids is 1. The molecule has 0 unspecified atom stereocenters. The number of nitrogens with zero attached hydrogens (tertiary/aromatic N) is 2. The molecule has 134 valence electrons. The molecule has 0 aliphatic heterocycles. The third kappa shape index (κ3) is 3.54. The highest BCUT2D eigenvalue weighted by molar-refractivity contribution is 5.93. The van der Waals surface area contributed by atoms with E-state index in [1.807, 2.05) is 30.6 Å². The Morgan fingerprint density at radius 3 is 2.85 bits per heavy atom. The van der Waals surface area contributed by atoms with E-state index < -0.39 is 0 Å². The van der Waals surface area contributed by atoms with Gasteiger partial charge in [-0.15, -0.1) is 0 Å². The Balaban J connectivity index is 1.63. The van der Waals surface area contributed by atoms with Crippen LogP contribution in [-0.2, 0) is 11.3 Å². The third-order valence-corrected chi connectivity index (χ3v) is 4.88. The van der Waals surface area contributed by atoms with Crippen molar-refractivity contribution in [1.82, 2.24) is 20.3 Å². The Morgan fingerprint density at radius 1 is 1.27 bits per heavy atom. The Kier molecular flexibility index (Phi) is 4.56. The zero-order valence-corrected chi connectivity index (χ0v) is 14.9. The maximum absolute atomic E-state index is 11.1. The first-order valence-corrected chi connectivity index (χ1v) is 9.13. The normalized spacial score (nSPS) is 14.7. The summed E-state index contributed by atoms with van der Waals surface area (Å²) < 4.78 is 0. The minimum absolute atomic E-state index is 0.0418. The monoisotopic (exact) mass is 349 g/mol. The lowest BCUT2D eigenvalue weighted by Crippen LogP contribution is -2.18. The molecule has 1 saturated carbocycles. The number of amides is 1. The largest absolute Gasteiger partial charge is 0.367 e. The van der Waals surface area contributed by atoms with Crippen molar-refractivity contribution in [3.8, 4) is 11.3 Å². The van der Waals surface area contributed by atoms with Gasteiger partial charge in [0.05, 0.1) is 5.69 Å². The van der Waals surface area contributed by atoms with E-state index in [9.17, 15) is 4.79 Å². The number of H-pyrrole nitrogens is 1. The maximum Gasteiger partial charge on any atom is 0.217 e. The Bertz CT molecular complexity index is 910. The summed E-state index contributed by atoms with van der Waals surface area (Å²) in [6.45, 7) is 2.01. The van der Waals surface area contributed by atoms with Gasteiger partial charge in [-0.05, 0) is 36.6 Å². The van der Waals surface area contributed by atoms with Crippen LogP contribution in [0.1, 0.15) is 38.2 Å². The molecule has 3 aromatic heterocycles. The van der Waals surface area contributed by atoms with Crippen LogP contribution in [0.25, 0.3) is 22.3 Å². The van der Waals surface area contributed by atoms with Crippen molar-refractivity contribution in [3.05, 3.63) is 42.2 Å². The summed E-state index contributed by atoms with van der Waals surface area (Å²) in [5, 5.41) is 7.42. The molecule has 3 heterocycles. The number of fused-ring (bicyclic) bond motifs is 1. The molecule has 0 aromatic carbocycles. The van der Waals surface area contributed by atoms with Gasteiger partial charge >= 0.3 is 0 Å². The van der Waals surface area contributed by atoms with Crippen LogP contribution >= 0.6 is 0 Å². The van der Waals surface area contributed by atoms with Gasteiger partial charge in [0.2, 0.25) is 5.91 Å². The fourth-order valence-corrected chi connectivity index (χ4v) is 3.52. The summed E-state index contributed by atoms with van der Waals surface area (Å²) in [4.78, 5) is 23.6. The lowest BCUT2D eigenvalue weighted by Gasteiger charge is -2.14. The van der Waals surface area contributed by atoms with Gasteiger partial charge in [-0.1, -0.05) is 18.9 Å². The van der Waals surface area contributed by atoms with Crippen LogP contribution in [0.3, 0.4) is 0 Å². The molecule has 6 heteroatoms. The van der Waals surface area contributed by atoms with Crippen molar-refractivity contribution >= 4 is 22.8 Å². The molecule has 0 spiro atoms. The molecule has 6 nitrogen and oxygen atoms in total. The highest BCUT2D eigenvalue weighted by Gasteiger charge is 2.17. The first-order valence-electron chi connectivity index (χ1n) is 9.13. The number of pyridine rings is 2. The number of hydrogen-bond donors (Lipinski definition) is 3. The molecular weight excluding hydrogens is 326 g/mol. The molecule has 1 aliphatic carbocycles. The summed E-state index contributed by atoms with van der Waals surface area (Å²) in [7, 11) is 0. The average molecular weight is 349 g/mol. The highest BCUT2D eigenvalue weighted by Crippen LogP contribution is 2.30. The Labute approximate surface area is 152 Å². The summed E-state index contributed by atoms with van der Waals surface area (Å²) in [5.41, 5.74) is 3.81. The number of anilines is 1. The quantitative estimate of drug-likeness (QED) is 0.657. The van der Waals surface area contributed by atoms with E-state index >= 15 is 0 Å². The standard InChI is InChI=1S/C20H23N5O/c1-13(26)22-11-14-6-7-18(23-12-14)17-10-19(24-15-4-2-3-5-15)25-20-16(17)8-9-21-20/h6-10,12,15H,2-5,11H2,1H3,(H,22,26)(H2,21,24,25). The van der Waals surface area contributed by atoms with E-state index in [4.69, 9.17) is 4.98 Å². The number of nitrogens with one attached hydrogen (secondary N) is 3. The molecule has 1 amide bonds. The van der Waals surface area contributed by atoms with Crippen molar-refractivity contribution in [2.75, 3.05) is 5.32 Å². The second-order valence-electron chi connectivity index (χ2n) is 6.88. The van der Waals surface area contributed by atoms with Crippen molar-refractivity contribution in [1.29, 1.82) is 0 Å². The Hall–Kier alpha value is -2.89. The van der Waals surface area contributed by atoms with Gasteiger partial charge in [0.25, 0.3) is 0 Å². The smallest absolute Gasteiger partial charge is 0.217 e. The number of carbonyl (C=O) groups is 1. The van der Waals surface area contributed by atoms with Crippen LogP contribution < -0.4 is 10.6 Å². The van der Waals surface area contributed by atoms with Gasteiger partial charge in [0, 0.05) is 42.9 Å². The SMILES string of the molecule is CC(=O)NCc1ccc(-c2cc(NC3CCCC3)nc3[nH]ccc23)nc1. The summed E-state index contributed by atoms with van der Waals surface area (Å²) in [6, 6.07) is 8.63. The number of aromatic nitrogens is 3. The van der Waals surface area contributed by atoms with Gasteiger partial charge in [-0.3, -0.25) is 9.78 Å². The van der Waals surface area contributed by atoms with E-state index in [1.165, 1.54) is 32.6 Å². The zero-order valence-electron chi connectivity index (χ0n) is 14.9. The van der Waals surface area contributed by atoms with Gasteiger partial charge in [0.1, 0.15) is 11.5 Å². The molecule has 3 aromatic rings. The van der Waals surface area contributed by atoms with Crippen LogP contribution in [0.4, 0.5) is 5.82 Å². The molecule has 3 N–H and O–H groups in total. The lowest BCUT2D eigenvalue weighted by molar-refractivity contribution is -0.119. The second-order valence-corrected chi connectivity index (χ2v) is 6.88. The van der Waals surface area contributed by atoms with E-state index in [2.05, 4.69) is 26.7 Å². The number of aromatic amines is 1. The summed E-state index contributed by atoms with van der Waals surface area (Å²) in [5.74, 6) is 0.853. The number of hydrogen-bond acceptors (Lipinski definition) is 4. The van der Waals surface area contributed by atoms with Crippen molar-refractivity contribution in [2.24, 2.45) is 0 Å². The van der Waals surface area contributed by atoms with Crippen molar-refractivity contribution < 1.29 is 4.79 Å². The van der Waals surface area contributed by atoms with Gasteiger partial charge in [-0.2, -0.15) is 0 Å². The fourth-order valence-electron chi connectivity index (χ4n) is 3.52. The first kappa shape index (κ1) is 16.6. The van der Waals surface area contributed by atoms with Gasteiger partial charge in [-0.25, -0.2) is 4.98 Å². The third-order valence-electron chi connectivity index (χ3n) is 4.88. The van der Waals surface area contributed by atoms with Gasteiger partial charge < -0.3 is 15.6 Å². The van der Waals surface area contributed by atoms with Crippen LogP contribution in [0.15, 0.2) is 36.7 Å². The predicted molar refractivity (Wildman–Crippen MR) is 103 cm³/mol. The van der Waals surface area contributed by atoms with E-state index in [-0.39, 0.29) is 5.91 Å². The zero-order chi connectivity index (χ0) is 17.9. The van der Waals surface area contributed by atoms with Crippen LogP contribution in [0, 0.1) is 0 Å². The molecule has 26 heavy (non-hydrogen) atoms. The lowest BCUT2D eigenvalue weighted by atomic mass is 10.1. The molecule has 1 aliphatic rings. The average Bonchev–Trinajstić information content (AvgIpc) is 3.31. The van der Waals surface area contributed by atoms with E-state index in [0.29, 0.717) is 12.6 Å². The molecule has 0 atom stereocenters. The van der Waals surface area contributed by atoms with E-state index in [0.717, 1.165) is 33.7 Å². The highest BCUT2D eigenvalue weighted by atomic mass is 16.1. The first-order chi connectivity index (χ1) is 12.7. The molecular formula is C20H23N5O. The molecule has 0 radical (unpaired) electrons. The summed E-state index contributed by atoms with van der Waals surface area (Å²) >= 11 is 0. The summed E-state index contributed by atoms with van der Waals surface area (Å²) in [6.07, 6.45) is 8.70. The van der Waals surface area contributed by atoms with Crippen LogP contribution in [0.5, 0.6) is 0 Å². The fraction of sp³-hybridized carbons (Fsp3) is 0.350. The minimum Gasteiger partial charge on any atom is -0.367 e. The van der Waals surface area contributed by atoms with Crippen molar-refractivity contribution in [3.63, 3.8) is 0 Å². The van der Waals surface area contributed by atoms with E-state index in [1.54, 1.807) is 0 Å². The topological polar surface area (TPSA) is 82.7 Å². The van der Waals surface area contributed by atoms with Gasteiger partial charge in [0.15, 0.2) is 0 Å². The molecule has 1 fully saturated rings. The maximum atomic E-state index is 11.1. The second kappa shape index (κ2) is 7.15. The Morgan fingerprint density at radius 2 is 2.12 bits per heavy atom. The van der Waals surface area contributed by atoms with Crippen LogP contribution in [-0.4, -0.2) is 26.9 Å². The van der Waals surface area contributed by atoms with Crippen LogP contribution in [0.2, 0.25) is 0 Å². The number of rotatable bonds is 5.